The number of carbonyl (C=O) groups is 2. The highest BCUT2D eigenvalue weighted by atomic mass is 32.2. The standard InChI is InChI=1S/C28H31N3O3S/c1-22(32)29-27(21-35-26-14-12-25(13-15-26)34-24-10-6-3-7-11-24)28(33)31-18-16-30(17-19-31)20-23-8-4-2-5-9-23/h2-15,27H,16-21H2,1H3,(H,29,32). The van der Waals surface area contributed by atoms with Gasteiger partial charge in [-0.05, 0) is 42.0 Å². The van der Waals surface area contributed by atoms with Crippen molar-refractivity contribution in [2.45, 2.75) is 24.4 Å². The first kappa shape index (κ1) is 24.8. The smallest absolute Gasteiger partial charge is 0.246 e. The quantitative estimate of drug-likeness (QED) is 0.451. The van der Waals surface area contributed by atoms with Crippen molar-refractivity contribution in [3.8, 4) is 11.5 Å². The van der Waals surface area contributed by atoms with Crippen LogP contribution in [-0.2, 0) is 16.1 Å². The third-order valence-corrected chi connectivity index (χ3v) is 6.93. The van der Waals surface area contributed by atoms with Crippen molar-refractivity contribution in [1.29, 1.82) is 0 Å². The maximum absolute atomic E-state index is 13.2. The van der Waals surface area contributed by atoms with Crippen LogP contribution < -0.4 is 10.1 Å². The van der Waals surface area contributed by atoms with E-state index in [2.05, 4.69) is 34.5 Å². The summed E-state index contributed by atoms with van der Waals surface area (Å²) in [5.41, 5.74) is 1.28. The van der Waals surface area contributed by atoms with E-state index in [1.165, 1.54) is 12.5 Å². The molecule has 7 heteroatoms. The first-order chi connectivity index (χ1) is 17.1. The number of nitrogens with zero attached hydrogens (tertiary/aromatic N) is 2. The van der Waals surface area contributed by atoms with Gasteiger partial charge in [0, 0.05) is 50.3 Å². The van der Waals surface area contributed by atoms with Crippen LogP contribution in [0.1, 0.15) is 12.5 Å². The van der Waals surface area contributed by atoms with E-state index in [-0.39, 0.29) is 11.8 Å². The van der Waals surface area contributed by atoms with Gasteiger partial charge in [0.1, 0.15) is 17.5 Å². The molecule has 0 saturated carbocycles. The first-order valence-electron chi connectivity index (χ1n) is 11.8. The van der Waals surface area contributed by atoms with E-state index >= 15 is 0 Å². The molecule has 0 bridgehead atoms. The largest absolute Gasteiger partial charge is 0.457 e. The van der Waals surface area contributed by atoms with Crippen molar-refractivity contribution in [3.05, 3.63) is 90.5 Å². The molecule has 3 aromatic rings. The Morgan fingerprint density at radius 2 is 1.46 bits per heavy atom. The Hall–Kier alpha value is -3.29. The van der Waals surface area contributed by atoms with Crippen LogP contribution in [0.25, 0.3) is 0 Å². The Labute approximate surface area is 211 Å². The second kappa shape index (κ2) is 12.4. The number of hydrogen-bond acceptors (Lipinski definition) is 5. The summed E-state index contributed by atoms with van der Waals surface area (Å²) >= 11 is 1.55. The second-order valence-corrected chi connectivity index (χ2v) is 9.63. The molecule has 4 rings (SSSR count). The Bertz CT molecular complexity index is 1090. The number of para-hydroxylation sites is 1. The maximum Gasteiger partial charge on any atom is 0.246 e. The number of benzene rings is 3. The summed E-state index contributed by atoms with van der Waals surface area (Å²) in [7, 11) is 0. The molecule has 3 aromatic carbocycles. The highest BCUT2D eigenvalue weighted by Crippen LogP contribution is 2.26. The molecule has 1 fully saturated rings. The van der Waals surface area contributed by atoms with Crippen LogP contribution in [0.5, 0.6) is 11.5 Å². The minimum Gasteiger partial charge on any atom is -0.457 e. The number of amides is 2. The molecule has 35 heavy (non-hydrogen) atoms. The fourth-order valence-electron chi connectivity index (χ4n) is 4.02. The van der Waals surface area contributed by atoms with E-state index in [1.54, 1.807) is 11.8 Å². The van der Waals surface area contributed by atoms with E-state index in [4.69, 9.17) is 4.74 Å². The molecule has 1 N–H and O–H groups in total. The third kappa shape index (κ3) is 7.60. The number of carbonyl (C=O) groups excluding carboxylic acids is 2. The third-order valence-electron chi connectivity index (χ3n) is 5.83. The van der Waals surface area contributed by atoms with Gasteiger partial charge < -0.3 is 15.0 Å². The average Bonchev–Trinajstić information content (AvgIpc) is 2.88. The molecule has 1 heterocycles. The molecule has 0 radical (unpaired) electrons. The van der Waals surface area contributed by atoms with Crippen LogP contribution in [0.3, 0.4) is 0 Å². The highest BCUT2D eigenvalue weighted by Gasteiger charge is 2.28. The van der Waals surface area contributed by atoms with Gasteiger partial charge in [-0.3, -0.25) is 14.5 Å². The van der Waals surface area contributed by atoms with E-state index in [0.717, 1.165) is 36.0 Å². The van der Waals surface area contributed by atoms with Crippen molar-refractivity contribution in [3.63, 3.8) is 0 Å². The number of ether oxygens (including phenoxy) is 1. The molecule has 1 unspecified atom stereocenters. The minimum absolute atomic E-state index is 0.0175. The van der Waals surface area contributed by atoms with Crippen molar-refractivity contribution >= 4 is 23.6 Å². The summed E-state index contributed by atoms with van der Waals surface area (Å²) in [4.78, 5) is 30.3. The topological polar surface area (TPSA) is 61.9 Å². The molecule has 6 nitrogen and oxygen atoms in total. The number of rotatable bonds is 9. The summed E-state index contributed by atoms with van der Waals surface area (Å²) in [5, 5.41) is 2.85. The fourth-order valence-corrected chi connectivity index (χ4v) is 4.93. The van der Waals surface area contributed by atoms with Crippen molar-refractivity contribution in [1.82, 2.24) is 15.1 Å². The van der Waals surface area contributed by atoms with E-state index < -0.39 is 6.04 Å². The van der Waals surface area contributed by atoms with Crippen LogP contribution in [0, 0.1) is 0 Å². The molecular formula is C28H31N3O3S. The fraction of sp³-hybridized carbons (Fsp3) is 0.286. The molecule has 0 aliphatic carbocycles. The molecule has 0 aromatic heterocycles. The minimum atomic E-state index is -0.557. The van der Waals surface area contributed by atoms with Crippen LogP contribution in [0.15, 0.2) is 89.8 Å². The molecule has 2 amide bonds. The Morgan fingerprint density at radius 3 is 2.09 bits per heavy atom. The summed E-state index contributed by atoms with van der Waals surface area (Å²) < 4.78 is 5.84. The van der Waals surface area contributed by atoms with Crippen molar-refractivity contribution in [2.24, 2.45) is 0 Å². The molecular weight excluding hydrogens is 458 g/mol. The monoisotopic (exact) mass is 489 g/mol. The van der Waals surface area contributed by atoms with Crippen molar-refractivity contribution in [2.75, 3.05) is 31.9 Å². The van der Waals surface area contributed by atoms with Gasteiger partial charge in [-0.1, -0.05) is 48.5 Å². The van der Waals surface area contributed by atoms with Crippen molar-refractivity contribution < 1.29 is 14.3 Å². The lowest BCUT2D eigenvalue weighted by Crippen LogP contribution is -2.55. The zero-order chi connectivity index (χ0) is 24.5. The predicted octanol–water partition coefficient (Wildman–Crippen LogP) is 4.42. The van der Waals surface area contributed by atoms with Crippen LogP contribution >= 0.6 is 11.8 Å². The zero-order valence-electron chi connectivity index (χ0n) is 19.9. The number of hydrogen-bond donors (Lipinski definition) is 1. The van der Waals surface area contributed by atoms with Gasteiger partial charge in [0.05, 0.1) is 0 Å². The first-order valence-corrected chi connectivity index (χ1v) is 12.8. The Kier molecular flexibility index (Phi) is 8.81. The van der Waals surface area contributed by atoms with Gasteiger partial charge in [0.15, 0.2) is 0 Å². The maximum atomic E-state index is 13.2. The summed E-state index contributed by atoms with van der Waals surface area (Å²) in [6.45, 7) is 5.32. The lowest BCUT2D eigenvalue weighted by Gasteiger charge is -2.36. The highest BCUT2D eigenvalue weighted by molar-refractivity contribution is 7.99. The number of piperazine rings is 1. The molecule has 1 saturated heterocycles. The van der Waals surface area contributed by atoms with E-state index in [0.29, 0.717) is 18.8 Å². The summed E-state index contributed by atoms with van der Waals surface area (Å²) in [6.07, 6.45) is 0. The molecule has 1 aliphatic heterocycles. The van der Waals surface area contributed by atoms with Crippen LogP contribution in [0.2, 0.25) is 0 Å². The average molecular weight is 490 g/mol. The number of thioether (sulfide) groups is 1. The molecule has 1 atom stereocenters. The Morgan fingerprint density at radius 1 is 0.857 bits per heavy atom. The molecule has 0 spiro atoms. The lowest BCUT2D eigenvalue weighted by atomic mass is 10.2. The van der Waals surface area contributed by atoms with Crippen LogP contribution in [0.4, 0.5) is 0 Å². The second-order valence-electron chi connectivity index (χ2n) is 8.54. The lowest BCUT2D eigenvalue weighted by molar-refractivity contribution is -0.137. The molecule has 1 aliphatic rings. The molecule has 182 valence electrons. The van der Waals surface area contributed by atoms with E-state index in [9.17, 15) is 9.59 Å². The van der Waals surface area contributed by atoms with Gasteiger partial charge in [-0.2, -0.15) is 0 Å². The van der Waals surface area contributed by atoms with E-state index in [1.807, 2.05) is 65.6 Å². The van der Waals surface area contributed by atoms with Gasteiger partial charge in [0.2, 0.25) is 11.8 Å². The predicted molar refractivity (Wildman–Crippen MR) is 140 cm³/mol. The SMILES string of the molecule is CC(=O)NC(CSc1ccc(Oc2ccccc2)cc1)C(=O)N1CCN(Cc2ccccc2)CC1. The normalized spacial score (nSPS) is 14.8. The summed E-state index contributed by atoms with van der Waals surface area (Å²) in [6, 6.07) is 27.2. The van der Waals surface area contributed by atoms with Gasteiger partial charge in [0.25, 0.3) is 0 Å². The number of nitrogens with one attached hydrogen (secondary N) is 1. The van der Waals surface area contributed by atoms with Gasteiger partial charge >= 0.3 is 0 Å². The van der Waals surface area contributed by atoms with Gasteiger partial charge in [-0.25, -0.2) is 0 Å². The zero-order valence-corrected chi connectivity index (χ0v) is 20.7. The summed E-state index contributed by atoms with van der Waals surface area (Å²) in [5.74, 6) is 1.80. The Balaban J connectivity index is 1.29. The van der Waals surface area contributed by atoms with Gasteiger partial charge in [-0.15, -0.1) is 11.8 Å². The van der Waals surface area contributed by atoms with Crippen LogP contribution in [-0.4, -0.2) is 59.6 Å².